The Hall–Kier alpha value is -1.78. The fourth-order valence-electron chi connectivity index (χ4n) is 1.74. The summed E-state index contributed by atoms with van der Waals surface area (Å²) < 4.78 is 0. The smallest absolute Gasteiger partial charge is 0.241 e. The number of hydrogen-bond donors (Lipinski definition) is 2. The summed E-state index contributed by atoms with van der Waals surface area (Å²) in [6, 6.07) is 5.72. The molecule has 0 aliphatic heterocycles. The van der Waals surface area contributed by atoms with Gasteiger partial charge in [-0.25, -0.2) is 4.98 Å². The molecule has 2 N–H and O–H groups in total. The van der Waals surface area contributed by atoms with Crippen molar-refractivity contribution in [3.05, 3.63) is 18.2 Å². The molecule has 1 aromatic heterocycles. The third kappa shape index (κ3) is 5.16. The molecule has 0 radical (unpaired) electrons. The number of pyridine rings is 1. The summed E-state index contributed by atoms with van der Waals surface area (Å²) in [7, 11) is 0. The summed E-state index contributed by atoms with van der Waals surface area (Å²) in [4.78, 5) is 18.1. The number of anilines is 2. The van der Waals surface area contributed by atoms with Crippen molar-refractivity contribution in [1.82, 2.24) is 9.88 Å². The molecule has 1 amide bonds. The molecule has 1 aromatic rings. The lowest BCUT2D eigenvalue weighted by atomic mass is 10.4. The number of aromatic nitrogens is 1. The Morgan fingerprint density at radius 1 is 1.16 bits per heavy atom. The topological polar surface area (TPSA) is 57.3 Å². The molecule has 106 valence electrons. The molecule has 0 saturated carbocycles. The molecule has 0 bridgehead atoms. The first kappa shape index (κ1) is 15.3. The van der Waals surface area contributed by atoms with E-state index in [0.717, 1.165) is 37.7 Å². The molecular weight excluding hydrogens is 240 g/mol. The molecule has 0 spiro atoms. The Morgan fingerprint density at radius 3 is 2.37 bits per heavy atom. The van der Waals surface area contributed by atoms with E-state index in [1.165, 1.54) is 0 Å². The van der Waals surface area contributed by atoms with Crippen molar-refractivity contribution in [2.75, 3.05) is 36.8 Å². The van der Waals surface area contributed by atoms with Crippen LogP contribution in [-0.2, 0) is 4.79 Å². The van der Waals surface area contributed by atoms with Gasteiger partial charge in [-0.1, -0.05) is 13.0 Å². The van der Waals surface area contributed by atoms with Crippen LogP contribution in [0.15, 0.2) is 18.2 Å². The number of amides is 1. The molecule has 0 atom stereocenters. The van der Waals surface area contributed by atoms with Crippen molar-refractivity contribution in [2.24, 2.45) is 0 Å². The third-order valence-corrected chi connectivity index (χ3v) is 2.84. The van der Waals surface area contributed by atoms with Gasteiger partial charge in [-0.15, -0.1) is 0 Å². The lowest BCUT2D eigenvalue weighted by Crippen LogP contribution is -2.35. The van der Waals surface area contributed by atoms with E-state index in [4.69, 9.17) is 0 Å². The quantitative estimate of drug-likeness (QED) is 0.755. The summed E-state index contributed by atoms with van der Waals surface area (Å²) in [5.41, 5.74) is 0. The van der Waals surface area contributed by atoms with Crippen LogP contribution in [0.5, 0.6) is 0 Å². The van der Waals surface area contributed by atoms with E-state index in [9.17, 15) is 4.79 Å². The predicted octanol–water partition coefficient (Wildman–Crippen LogP) is 2.18. The Balaban J connectivity index is 2.50. The van der Waals surface area contributed by atoms with E-state index in [1.807, 2.05) is 32.0 Å². The highest BCUT2D eigenvalue weighted by Crippen LogP contribution is 2.08. The zero-order valence-electron chi connectivity index (χ0n) is 12.1. The minimum Gasteiger partial charge on any atom is -0.370 e. The number of rotatable bonds is 8. The molecule has 0 aromatic carbocycles. The highest BCUT2D eigenvalue weighted by atomic mass is 16.2. The minimum atomic E-state index is 0.0960. The predicted molar refractivity (Wildman–Crippen MR) is 79.4 cm³/mol. The largest absolute Gasteiger partial charge is 0.370 e. The first-order valence-corrected chi connectivity index (χ1v) is 6.93. The molecule has 5 heteroatoms. The van der Waals surface area contributed by atoms with Crippen LogP contribution < -0.4 is 10.6 Å². The first-order chi connectivity index (χ1) is 9.21. The maximum absolute atomic E-state index is 11.9. The van der Waals surface area contributed by atoms with Crippen molar-refractivity contribution >= 4 is 17.5 Å². The number of nitrogens with one attached hydrogen (secondary N) is 2. The fraction of sp³-hybridized carbons (Fsp3) is 0.571. The number of likely N-dealkylation sites (N-methyl/N-ethyl adjacent to an activating group) is 1. The van der Waals surface area contributed by atoms with E-state index in [1.54, 1.807) is 4.90 Å². The normalized spacial score (nSPS) is 10.1. The lowest BCUT2D eigenvalue weighted by molar-refractivity contribution is -0.128. The van der Waals surface area contributed by atoms with E-state index >= 15 is 0 Å². The average Bonchev–Trinajstić information content (AvgIpc) is 2.44. The number of hydrogen-bond acceptors (Lipinski definition) is 4. The number of carbonyl (C=O) groups excluding carboxylic acids is 1. The Kier molecular flexibility index (Phi) is 6.71. The zero-order valence-corrected chi connectivity index (χ0v) is 12.1. The highest BCUT2D eigenvalue weighted by molar-refractivity contribution is 5.80. The van der Waals surface area contributed by atoms with Crippen molar-refractivity contribution < 1.29 is 4.79 Å². The van der Waals surface area contributed by atoms with Gasteiger partial charge in [-0.3, -0.25) is 4.79 Å². The first-order valence-electron chi connectivity index (χ1n) is 6.93. The van der Waals surface area contributed by atoms with Crippen LogP contribution in [0.1, 0.15) is 27.2 Å². The molecule has 0 aliphatic carbocycles. The molecular formula is C14H24N4O. The van der Waals surface area contributed by atoms with Crippen LogP contribution in [0.4, 0.5) is 11.6 Å². The van der Waals surface area contributed by atoms with Crippen LogP contribution in [0.2, 0.25) is 0 Å². The molecule has 19 heavy (non-hydrogen) atoms. The van der Waals surface area contributed by atoms with Crippen molar-refractivity contribution in [2.45, 2.75) is 27.2 Å². The van der Waals surface area contributed by atoms with Gasteiger partial charge in [0.05, 0.1) is 6.54 Å². The second-order valence-corrected chi connectivity index (χ2v) is 4.25. The summed E-state index contributed by atoms with van der Waals surface area (Å²) in [6.07, 6.45) is 1.06. The van der Waals surface area contributed by atoms with Gasteiger partial charge in [0.15, 0.2) is 0 Å². The minimum absolute atomic E-state index is 0.0960. The van der Waals surface area contributed by atoms with Gasteiger partial charge >= 0.3 is 0 Å². The maximum Gasteiger partial charge on any atom is 0.241 e. The molecule has 0 saturated heterocycles. The Labute approximate surface area is 115 Å². The molecule has 5 nitrogen and oxygen atoms in total. The second-order valence-electron chi connectivity index (χ2n) is 4.25. The summed E-state index contributed by atoms with van der Waals surface area (Å²) in [5.74, 6) is 1.66. The molecule has 1 rings (SSSR count). The van der Waals surface area contributed by atoms with Crippen molar-refractivity contribution in [1.29, 1.82) is 0 Å². The Morgan fingerprint density at radius 2 is 1.79 bits per heavy atom. The summed E-state index contributed by atoms with van der Waals surface area (Å²) in [6.45, 7) is 8.73. The van der Waals surface area contributed by atoms with Gasteiger partial charge in [0.1, 0.15) is 11.6 Å². The third-order valence-electron chi connectivity index (χ3n) is 2.84. The van der Waals surface area contributed by atoms with E-state index < -0.39 is 0 Å². The summed E-state index contributed by atoms with van der Waals surface area (Å²) in [5, 5.41) is 6.29. The van der Waals surface area contributed by atoms with Crippen LogP contribution >= 0.6 is 0 Å². The van der Waals surface area contributed by atoms with Crippen molar-refractivity contribution in [3.63, 3.8) is 0 Å². The van der Waals surface area contributed by atoms with Gasteiger partial charge in [0, 0.05) is 19.6 Å². The van der Waals surface area contributed by atoms with Gasteiger partial charge in [-0.2, -0.15) is 0 Å². The van der Waals surface area contributed by atoms with Crippen LogP contribution in [0, 0.1) is 0 Å². The second kappa shape index (κ2) is 8.34. The Bertz CT molecular complexity index is 391. The standard InChI is InChI=1S/C14H24N4O/c1-4-10-15-12-8-7-9-13(17-12)16-11-14(19)18(5-2)6-3/h7-9H,4-6,10-11H2,1-3H3,(H2,15,16,17). The van der Waals surface area contributed by atoms with Crippen LogP contribution in [0.25, 0.3) is 0 Å². The van der Waals surface area contributed by atoms with Gasteiger partial charge < -0.3 is 15.5 Å². The number of nitrogens with zero attached hydrogens (tertiary/aromatic N) is 2. The monoisotopic (exact) mass is 264 g/mol. The van der Waals surface area contributed by atoms with Gasteiger partial charge in [0.25, 0.3) is 0 Å². The molecule has 0 fully saturated rings. The maximum atomic E-state index is 11.9. The van der Waals surface area contributed by atoms with Crippen LogP contribution in [0.3, 0.4) is 0 Å². The highest BCUT2D eigenvalue weighted by Gasteiger charge is 2.08. The van der Waals surface area contributed by atoms with E-state index in [-0.39, 0.29) is 12.5 Å². The van der Waals surface area contributed by atoms with Gasteiger partial charge in [0.2, 0.25) is 5.91 Å². The summed E-state index contributed by atoms with van der Waals surface area (Å²) >= 11 is 0. The zero-order chi connectivity index (χ0) is 14.1. The molecule has 1 heterocycles. The fourth-order valence-corrected chi connectivity index (χ4v) is 1.74. The van der Waals surface area contributed by atoms with Crippen molar-refractivity contribution in [3.8, 4) is 0 Å². The average molecular weight is 264 g/mol. The SMILES string of the molecule is CCCNc1cccc(NCC(=O)N(CC)CC)n1. The van der Waals surface area contributed by atoms with E-state index in [0.29, 0.717) is 0 Å². The van der Waals surface area contributed by atoms with Crippen LogP contribution in [-0.4, -0.2) is 42.0 Å². The molecule has 0 aliphatic rings. The molecule has 0 unspecified atom stereocenters. The van der Waals surface area contributed by atoms with E-state index in [2.05, 4.69) is 22.5 Å². The number of carbonyl (C=O) groups is 1. The van der Waals surface area contributed by atoms with Gasteiger partial charge in [-0.05, 0) is 32.4 Å². The lowest BCUT2D eigenvalue weighted by Gasteiger charge is -2.19.